The number of nitrogens with one attached hydrogen (secondary N) is 2. The van der Waals surface area contributed by atoms with Gasteiger partial charge in [0.1, 0.15) is 23.4 Å². The Balaban J connectivity index is 1.38. The molecule has 0 fully saturated rings. The Morgan fingerprint density at radius 2 is 2.06 bits per heavy atom. The van der Waals surface area contributed by atoms with E-state index in [9.17, 15) is 4.79 Å². The summed E-state index contributed by atoms with van der Waals surface area (Å²) in [6.45, 7) is 2.53. The zero-order chi connectivity index (χ0) is 23.9. The van der Waals surface area contributed by atoms with Gasteiger partial charge in [0.05, 0.1) is 18.6 Å². The molecule has 0 aliphatic heterocycles. The van der Waals surface area contributed by atoms with Gasteiger partial charge in [-0.1, -0.05) is 0 Å². The number of aryl methyl sites for hydroxylation is 1. The molecule has 0 bridgehead atoms. The van der Waals surface area contributed by atoms with Crippen molar-refractivity contribution in [3.05, 3.63) is 24.5 Å². The van der Waals surface area contributed by atoms with Crippen molar-refractivity contribution in [3.63, 3.8) is 0 Å². The fraction of sp³-hybridized carbons (Fsp3) is 0.381. The van der Waals surface area contributed by atoms with Gasteiger partial charge in [0.2, 0.25) is 5.91 Å². The molecular weight excluding hydrogens is 462 g/mol. The number of fused-ring (bicyclic) bond motifs is 2. The van der Waals surface area contributed by atoms with Gasteiger partial charge in [-0.2, -0.15) is 10.1 Å². The van der Waals surface area contributed by atoms with E-state index >= 15 is 0 Å². The second kappa shape index (κ2) is 11.1. The molecule has 0 radical (unpaired) electrons. The second-order valence-corrected chi connectivity index (χ2v) is 7.83. The third-order valence-electron chi connectivity index (χ3n) is 5.17. The molecule has 180 valence electrons. The summed E-state index contributed by atoms with van der Waals surface area (Å²) in [4.78, 5) is 27.1. The zero-order valence-electron chi connectivity index (χ0n) is 18.5. The quantitative estimate of drug-likeness (QED) is 0.170. The number of nitrogen functional groups attached to an aromatic ring is 2. The van der Waals surface area contributed by atoms with Crippen LogP contribution in [0.1, 0.15) is 19.3 Å². The third-order valence-corrected chi connectivity index (χ3v) is 5.36. The lowest BCUT2D eigenvalue weighted by Crippen LogP contribution is -2.26. The minimum Gasteiger partial charge on any atom is -0.424 e. The molecule has 12 nitrogen and oxygen atoms in total. The number of aromatic nitrogens is 5. The van der Waals surface area contributed by atoms with Crippen LogP contribution >= 0.6 is 11.8 Å². The normalized spacial score (nSPS) is 11.4. The van der Waals surface area contributed by atoms with Gasteiger partial charge in [-0.3, -0.25) is 4.79 Å². The average molecular weight is 488 g/mol. The van der Waals surface area contributed by atoms with Crippen molar-refractivity contribution < 1.29 is 13.9 Å². The number of rotatable bonds is 12. The first kappa shape index (κ1) is 23.7. The smallest absolute Gasteiger partial charge is 0.292 e. The van der Waals surface area contributed by atoms with E-state index in [1.165, 1.54) is 6.33 Å². The molecule has 0 aliphatic carbocycles. The Labute approximate surface area is 200 Å². The fourth-order valence-electron chi connectivity index (χ4n) is 3.56. The van der Waals surface area contributed by atoms with Crippen LogP contribution in [0.2, 0.25) is 0 Å². The molecule has 3 aromatic heterocycles. The van der Waals surface area contributed by atoms with Gasteiger partial charge in [-0.15, -0.1) is 0 Å². The average Bonchev–Trinajstić information content (AvgIpc) is 3.38. The molecule has 0 spiro atoms. The molecule has 4 rings (SSSR count). The molecule has 1 amide bonds. The number of unbranched alkanes of at least 4 members (excludes halogenated alkanes) is 1. The third kappa shape index (κ3) is 5.53. The lowest BCUT2D eigenvalue weighted by Gasteiger charge is -2.06. The molecule has 0 unspecified atom stereocenters. The SMILES string of the molecule is Nc1nc2cc(-c3nn(CCCCNC(=O)CCOCCNCl)c4ncnc(N)c34)ccc2o1. The topological polar surface area (TPSA) is 172 Å². The second-order valence-electron chi connectivity index (χ2n) is 7.57. The van der Waals surface area contributed by atoms with E-state index in [1.54, 1.807) is 6.07 Å². The van der Waals surface area contributed by atoms with Crippen LogP contribution in [0.15, 0.2) is 28.9 Å². The van der Waals surface area contributed by atoms with E-state index in [0.717, 1.165) is 18.4 Å². The van der Waals surface area contributed by atoms with Crippen molar-refractivity contribution in [2.24, 2.45) is 0 Å². The zero-order valence-corrected chi connectivity index (χ0v) is 19.2. The number of hydrogen-bond acceptors (Lipinski definition) is 10. The highest BCUT2D eigenvalue weighted by Crippen LogP contribution is 2.32. The maximum absolute atomic E-state index is 11.9. The van der Waals surface area contributed by atoms with Crippen molar-refractivity contribution in [2.75, 3.05) is 37.8 Å². The van der Waals surface area contributed by atoms with Gasteiger partial charge in [-0.05, 0) is 42.8 Å². The molecule has 34 heavy (non-hydrogen) atoms. The fourth-order valence-corrected chi connectivity index (χ4v) is 3.64. The number of carbonyl (C=O) groups excluding carboxylic acids is 1. The maximum atomic E-state index is 11.9. The van der Waals surface area contributed by atoms with E-state index in [-0.39, 0.29) is 11.9 Å². The standard InChI is InChI=1S/C21H26ClN9O3/c22-28-7-10-33-9-5-16(32)25-6-1-2-8-31-20-17(19(23)26-12-27-20)18(30-31)13-3-4-15-14(11-13)29-21(24)34-15/h3-4,11-12,28H,1-2,5-10H2,(H2,24,29)(H,25,32)(H2,23,26,27). The summed E-state index contributed by atoms with van der Waals surface area (Å²) >= 11 is 5.34. The van der Waals surface area contributed by atoms with Crippen LogP contribution in [-0.2, 0) is 16.1 Å². The van der Waals surface area contributed by atoms with E-state index in [1.807, 2.05) is 16.8 Å². The van der Waals surface area contributed by atoms with Crippen LogP contribution in [0.4, 0.5) is 11.8 Å². The van der Waals surface area contributed by atoms with Crippen LogP contribution in [0.25, 0.3) is 33.4 Å². The van der Waals surface area contributed by atoms with Gasteiger partial charge in [0.15, 0.2) is 11.2 Å². The number of nitrogens with zero attached hydrogens (tertiary/aromatic N) is 5. The van der Waals surface area contributed by atoms with Crippen molar-refractivity contribution in [3.8, 4) is 11.3 Å². The van der Waals surface area contributed by atoms with Crippen molar-refractivity contribution in [1.82, 2.24) is 34.9 Å². The van der Waals surface area contributed by atoms with Crippen LogP contribution in [0.5, 0.6) is 0 Å². The molecule has 0 aliphatic rings. The van der Waals surface area contributed by atoms with Gasteiger partial charge in [0.25, 0.3) is 6.01 Å². The first-order valence-electron chi connectivity index (χ1n) is 10.9. The van der Waals surface area contributed by atoms with Crippen molar-refractivity contribution in [2.45, 2.75) is 25.8 Å². The number of oxazole rings is 1. The Morgan fingerprint density at radius 3 is 2.91 bits per heavy atom. The summed E-state index contributed by atoms with van der Waals surface area (Å²) in [6.07, 6.45) is 3.31. The molecule has 13 heteroatoms. The highest BCUT2D eigenvalue weighted by molar-refractivity contribution is 6.13. The van der Waals surface area contributed by atoms with Crippen LogP contribution in [0, 0.1) is 0 Å². The molecule has 6 N–H and O–H groups in total. The van der Waals surface area contributed by atoms with Crippen LogP contribution in [-0.4, -0.2) is 56.9 Å². The first-order valence-corrected chi connectivity index (χ1v) is 11.3. The highest BCUT2D eigenvalue weighted by atomic mass is 35.5. The molecule has 4 aromatic rings. The lowest BCUT2D eigenvalue weighted by atomic mass is 10.1. The Kier molecular flexibility index (Phi) is 7.72. The monoisotopic (exact) mass is 487 g/mol. The summed E-state index contributed by atoms with van der Waals surface area (Å²) < 4.78 is 12.5. The largest absolute Gasteiger partial charge is 0.424 e. The van der Waals surface area contributed by atoms with Gasteiger partial charge in [-0.25, -0.2) is 19.5 Å². The van der Waals surface area contributed by atoms with E-state index in [4.69, 9.17) is 37.5 Å². The summed E-state index contributed by atoms with van der Waals surface area (Å²) in [5, 5.41) is 8.33. The Hall–Kier alpha value is -3.48. The number of ether oxygens (including phenoxy) is 1. The Morgan fingerprint density at radius 1 is 1.18 bits per heavy atom. The summed E-state index contributed by atoms with van der Waals surface area (Å²) in [7, 11) is 0. The van der Waals surface area contributed by atoms with Gasteiger partial charge >= 0.3 is 0 Å². The number of amides is 1. The molecule has 0 saturated heterocycles. The number of carbonyl (C=O) groups is 1. The van der Waals surface area contributed by atoms with Crippen LogP contribution < -0.4 is 21.6 Å². The van der Waals surface area contributed by atoms with E-state index < -0.39 is 0 Å². The summed E-state index contributed by atoms with van der Waals surface area (Å²) in [6, 6.07) is 5.62. The molecule has 1 aromatic carbocycles. The minimum atomic E-state index is -0.0462. The number of nitrogens with two attached hydrogens (primary N) is 2. The van der Waals surface area contributed by atoms with Crippen molar-refractivity contribution >= 4 is 51.6 Å². The number of halogens is 1. The number of anilines is 2. The molecular formula is C21H26ClN9O3. The highest BCUT2D eigenvalue weighted by Gasteiger charge is 2.18. The number of benzene rings is 1. The molecule has 0 atom stereocenters. The minimum absolute atomic E-state index is 0.0462. The predicted octanol–water partition coefficient (Wildman–Crippen LogP) is 1.85. The van der Waals surface area contributed by atoms with Gasteiger partial charge in [0, 0.05) is 31.6 Å². The lowest BCUT2D eigenvalue weighted by molar-refractivity contribution is -0.122. The first-order chi connectivity index (χ1) is 16.6. The molecule has 3 heterocycles. The molecule has 0 saturated carbocycles. The van der Waals surface area contributed by atoms with E-state index in [0.29, 0.717) is 72.9 Å². The van der Waals surface area contributed by atoms with E-state index in [2.05, 4.69) is 25.1 Å². The predicted molar refractivity (Wildman–Crippen MR) is 129 cm³/mol. The summed E-state index contributed by atoms with van der Waals surface area (Å²) in [5.41, 5.74) is 15.2. The maximum Gasteiger partial charge on any atom is 0.292 e. The van der Waals surface area contributed by atoms with Crippen LogP contribution in [0.3, 0.4) is 0 Å². The van der Waals surface area contributed by atoms with Crippen molar-refractivity contribution in [1.29, 1.82) is 0 Å². The Bertz CT molecular complexity index is 1270. The summed E-state index contributed by atoms with van der Waals surface area (Å²) in [5.74, 6) is 0.303. The number of hydrogen-bond donors (Lipinski definition) is 4. The van der Waals surface area contributed by atoms with Gasteiger partial charge < -0.3 is 25.9 Å².